The Bertz CT molecular complexity index is 970. The molecule has 0 aromatic rings. The molecular weight excluding hydrogens is 646 g/mol. The highest BCUT2D eigenvalue weighted by atomic mass is 32.2. The third-order valence-corrected chi connectivity index (χ3v) is 15.6. The van der Waals surface area contributed by atoms with E-state index in [1.54, 1.807) is 0 Å². The highest BCUT2D eigenvalue weighted by molar-refractivity contribution is 7.95. The predicted octanol–water partition coefficient (Wildman–Crippen LogP) is 4.23. The molecule has 0 radical (unpaired) electrons. The van der Waals surface area contributed by atoms with Crippen molar-refractivity contribution in [2.24, 2.45) is 47.3 Å². The van der Waals surface area contributed by atoms with E-state index in [2.05, 4.69) is 28.6 Å². The van der Waals surface area contributed by atoms with Gasteiger partial charge < -0.3 is 0 Å². The largest absolute Gasteiger partial charge is 0.285 e. The van der Waals surface area contributed by atoms with E-state index in [9.17, 15) is 25.9 Å². The molecule has 0 heterocycles. The van der Waals surface area contributed by atoms with Gasteiger partial charge in [0.15, 0.2) is 0 Å². The average molecular weight is 687 g/mol. The molecule has 4 fully saturated rings. The molecule has 0 saturated heterocycles. The zero-order valence-corrected chi connectivity index (χ0v) is 27.4. The van der Waals surface area contributed by atoms with Crippen LogP contribution in [0, 0.1) is 47.3 Å². The number of hydrogen-bond donors (Lipinski definition) is 4. The molecule has 4 aliphatic carbocycles. The van der Waals surface area contributed by atoms with Crippen LogP contribution >= 0.6 is 42.6 Å². The first-order chi connectivity index (χ1) is 18.9. The molecule has 12 nitrogen and oxygen atoms in total. The van der Waals surface area contributed by atoms with Crippen molar-refractivity contribution in [1.29, 1.82) is 0 Å². The summed E-state index contributed by atoms with van der Waals surface area (Å²) in [5.41, 5.74) is 0. The molecule has 0 aromatic heterocycles. The third-order valence-electron chi connectivity index (χ3n) is 10.1. The maximum absolute atomic E-state index is 12.6. The third kappa shape index (κ3) is 7.50. The van der Waals surface area contributed by atoms with Crippen molar-refractivity contribution < 1.29 is 55.2 Å². The van der Waals surface area contributed by atoms with Gasteiger partial charge in [-0.2, -0.15) is 16.8 Å². The number of fused-ring (bicyclic) bond motifs is 2. The lowest BCUT2D eigenvalue weighted by atomic mass is 9.50. The van der Waals surface area contributed by atoms with Gasteiger partial charge in [0.2, 0.25) is 0 Å². The van der Waals surface area contributed by atoms with E-state index in [1.807, 2.05) is 0 Å². The molecule has 14 unspecified atom stereocenters. The Balaban J connectivity index is 1.76. The minimum absolute atomic E-state index is 0.0260. The van der Waals surface area contributed by atoms with Gasteiger partial charge >= 0.3 is 0 Å². The Kier molecular flexibility index (Phi) is 12.3. The number of hydrogen-bond acceptors (Lipinski definition) is 12. The van der Waals surface area contributed by atoms with Crippen LogP contribution in [0.4, 0.5) is 0 Å². The molecule has 0 amide bonds. The maximum atomic E-state index is 12.6. The number of rotatable bonds is 11. The normalized spacial score (nSPS) is 42.6. The van der Waals surface area contributed by atoms with Gasteiger partial charge in [0.05, 0.1) is 10.5 Å². The van der Waals surface area contributed by atoms with E-state index in [-0.39, 0.29) is 57.8 Å². The van der Waals surface area contributed by atoms with Crippen LogP contribution < -0.4 is 0 Å². The SMILES string of the molecule is O=S(=O)(O)C1CC(CP)C(C2C(CP)CC(S(=O)(=O)O)C3CCC(SOOO)CC32)C2CC(SOOO)CCC21. The van der Waals surface area contributed by atoms with E-state index in [0.29, 0.717) is 63.7 Å². The highest BCUT2D eigenvalue weighted by Gasteiger charge is 2.59. The standard InChI is InChI=1S/C22H40O12P2S4/c23-31-33-37-13-1-3-15-17(7-13)21(11(9-35)5-19(15)39(25,26)27)22-12(10-36)6-20(40(28,29)30)16-4-2-14(8-18(16)22)38-34-32-24/h11-24H,1-10,35-36H2,(H,25,26,27)(H,28,29,30). The summed E-state index contributed by atoms with van der Waals surface area (Å²) in [5.74, 6) is -0.822. The molecule has 4 saturated carbocycles. The summed E-state index contributed by atoms with van der Waals surface area (Å²) >= 11 is 2.00. The van der Waals surface area contributed by atoms with Gasteiger partial charge in [-0.3, -0.25) is 9.11 Å². The van der Waals surface area contributed by atoms with Crippen LogP contribution in [0.2, 0.25) is 0 Å². The van der Waals surface area contributed by atoms with E-state index >= 15 is 0 Å². The fourth-order valence-corrected chi connectivity index (χ4v) is 13.8. The fourth-order valence-electron chi connectivity index (χ4n) is 8.86. The molecule has 234 valence electrons. The van der Waals surface area contributed by atoms with Crippen LogP contribution in [0.15, 0.2) is 0 Å². The topological polar surface area (TPSA) is 186 Å². The summed E-state index contributed by atoms with van der Waals surface area (Å²) in [6.45, 7) is 0. The maximum Gasteiger partial charge on any atom is 0.268 e. The lowest BCUT2D eigenvalue weighted by Crippen LogP contribution is -2.58. The van der Waals surface area contributed by atoms with Gasteiger partial charge in [0.25, 0.3) is 20.2 Å². The van der Waals surface area contributed by atoms with Gasteiger partial charge in [-0.25, -0.2) is 10.5 Å². The van der Waals surface area contributed by atoms with Gasteiger partial charge in [-0.1, -0.05) is 10.1 Å². The molecule has 18 heteroatoms. The summed E-state index contributed by atoms with van der Waals surface area (Å²) in [6, 6.07) is 0. The van der Waals surface area contributed by atoms with Crippen molar-refractivity contribution >= 4 is 62.8 Å². The summed E-state index contributed by atoms with van der Waals surface area (Å²) < 4.78 is 80.5. The van der Waals surface area contributed by atoms with Crippen LogP contribution in [0.25, 0.3) is 0 Å². The first-order valence-corrected chi connectivity index (χ1v) is 19.8. The molecule has 0 bridgehead atoms. The van der Waals surface area contributed by atoms with E-state index in [1.165, 1.54) is 0 Å². The summed E-state index contributed by atoms with van der Waals surface area (Å²) in [4.78, 5) is 0. The predicted molar refractivity (Wildman–Crippen MR) is 157 cm³/mol. The van der Waals surface area contributed by atoms with Crippen molar-refractivity contribution in [1.82, 2.24) is 0 Å². The minimum Gasteiger partial charge on any atom is -0.285 e. The molecule has 4 rings (SSSR count). The fraction of sp³-hybridized carbons (Fsp3) is 1.00. The van der Waals surface area contributed by atoms with Crippen LogP contribution in [-0.4, -0.2) is 69.8 Å². The first-order valence-electron chi connectivity index (χ1n) is 13.5. The Morgan fingerprint density at radius 2 is 1.00 bits per heavy atom. The monoisotopic (exact) mass is 686 g/mol. The molecular formula is C22H40O12P2S4. The van der Waals surface area contributed by atoms with Gasteiger partial charge in [0.1, 0.15) is 0 Å². The second-order valence-corrected chi connectivity index (χ2v) is 17.9. The van der Waals surface area contributed by atoms with Gasteiger partial charge in [-0.15, -0.1) is 27.1 Å². The second kappa shape index (κ2) is 14.5. The van der Waals surface area contributed by atoms with Crippen LogP contribution in [0.3, 0.4) is 0 Å². The molecule has 0 spiro atoms. The lowest BCUT2D eigenvalue weighted by molar-refractivity contribution is -0.432. The average Bonchev–Trinajstić information content (AvgIpc) is 2.91. The Morgan fingerprint density at radius 3 is 1.30 bits per heavy atom. The van der Waals surface area contributed by atoms with Crippen molar-refractivity contribution in [3.8, 4) is 0 Å². The Labute approximate surface area is 249 Å². The summed E-state index contributed by atoms with van der Waals surface area (Å²) in [5, 5.41) is 23.2. The molecule has 0 aromatic carbocycles. The Morgan fingerprint density at radius 1 is 0.625 bits per heavy atom. The second-order valence-electron chi connectivity index (χ2n) is 11.7. The molecule has 14 atom stereocenters. The van der Waals surface area contributed by atoms with Crippen LogP contribution in [0.1, 0.15) is 51.4 Å². The van der Waals surface area contributed by atoms with Gasteiger partial charge in [0, 0.05) is 34.6 Å². The van der Waals surface area contributed by atoms with Crippen molar-refractivity contribution in [3.05, 3.63) is 0 Å². The zero-order valence-electron chi connectivity index (χ0n) is 21.8. The molecule has 40 heavy (non-hydrogen) atoms. The quantitative estimate of drug-likeness (QED) is 0.0795. The highest BCUT2D eigenvalue weighted by Crippen LogP contribution is 2.60. The van der Waals surface area contributed by atoms with E-state index in [0.717, 1.165) is 24.1 Å². The summed E-state index contributed by atoms with van der Waals surface area (Å²) in [6.07, 6.45) is 5.44. The minimum atomic E-state index is -4.30. The van der Waals surface area contributed by atoms with Crippen LogP contribution in [-0.2, 0) is 39.0 Å². The summed E-state index contributed by atoms with van der Waals surface area (Å²) in [7, 11) is -3.12. The van der Waals surface area contributed by atoms with E-state index < -0.39 is 30.7 Å². The molecule has 4 N–H and O–H groups in total. The van der Waals surface area contributed by atoms with Crippen molar-refractivity contribution in [2.45, 2.75) is 72.4 Å². The molecule has 0 aliphatic heterocycles. The van der Waals surface area contributed by atoms with Crippen LogP contribution in [0.5, 0.6) is 0 Å². The smallest absolute Gasteiger partial charge is 0.268 e. The Hall–Kier alpha value is 1.14. The van der Waals surface area contributed by atoms with Gasteiger partial charge in [-0.05, 0) is 111 Å². The zero-order chi connectivity index (χ0) is 29.2. The van der Waals surface area contributed by atoms with Crippen molar-refractivity contribution in [3.63, 3.8) is 0 Å². The van der Waals surface area contributed by atoms with E-state index in [4.69, 9.17) is 19.2 Å². The first kappa shape index (κ1) is 34.0. The van der Waals surface area contributed by atoms with Crippen molar-refractivity contribution in [2.75, 3.05) is 12.3 Å². The lowest BCUT2D eigenvalue weighted by Gasteiger charge is -2.59. The molecule has 4 aliphatic rings.